The number of carboxylic acids is 1. The minimum Gasteiger partial charge on any atom is -0.481 e. The van der Waals surface area contributed by atoms with Crippen LogP contribution in [0.5, 0.6) is 0 Å². The summed E-state index contributed by atoms with van der Waals surface area (Å²) in [6, 6.07) is 4.06. The van der Waals surface area contributed by atoms with E-state index in [0.29, 0.717) is 12.4 Å². The van der Waals surface area contributed by atoms with Crippen LogP contribution in [0.1, 0.15) is 31.4 Å². The molecule has 1 N–H and O–H groups in total. The summed E-state index contributed by atoms with van der Waals surface area (Å²) in [5.41, 5.74) is 0.871. The molecule has 1 fully saturated rings. The summed E-state index contributed by atoms with van der Waals surface area (Å²) < 4.78 is 5.52. The maximum Gasteiger partial charge on any atom is 0.304 e. The fourth-order valence-electron chi connectivity index (χ4n) is 2.80. The van der Waals surface area contributed by atoms with Gasteiger partial charge in [0.15, 0.2) is 0 Å². The first-order chi connectivity index (χ1) is 10.2. The van der Waals surface area contributed by atoms with Gasteiger partial charge < -0.3 is 9.52 Å². The van der Waals surface area contributed by atoms with E-state index in [1.165, 1.54) is 0 Å². The quantitative estimate of drug-likeness (QED) is 0.918. The molecule has 6 heteroatoms. The van der Waals surface area contributed by atoms with Crippen molar-refractivity contribution in [2.75, 3.05) is 6.54 Å². The van der Waals surface area contributed by atoms with E-state index >= 15 is 0 Å². The highest BCUT2D eigenvalue weighted by atomic mass is 32.1. The lowest BCUT2D eigenvalue weighted by Crippen LogP contribution is -2.40. The number of nitrogens with zero attached hydrogens (tertiary/aromatic N) is 2. The number of aromatic nitrogens is 1. The van der Waals surface area contributed by atoms with E-state index in [9.17, 15) is 4.79 Å². The number of rotatable bonds is 5. The molecule has 1 aliphatic heterocycles. The van der Waals surface area contributed by atoms with Crippen molar-refractivity contribution in [3.8, 4) is 10.8 Å². The van der Waals surface area contributed by atoms with Crippen LogP contribution in [0, 0.1) is 0 Å². The average molecular weight is 306 g/mol. The van der Waals surface area contributed by atoms with Gasteiger partial charge >= 0.3 is 5.97 Å². The standard InChI is InChI=1S/C15H18N2O3S/c18-14(19)8-12-4-1-2-6-17(12)9-11-10-20-15(16-11)13-5-3-7-21-13/h3,5,7,10,12H,1-2,4,6,8-9H2,(H,18,19). The lowest BCUT2D eigenvalue weighted by atomic mass is 9.99. The third-order valence-electron chi connectivity index (χ3n) is 3.81. The van der Waals surface area contributed by atoms with Gasteiger partial charge in [0.1, 0.15) is 6.26 Å². The lowest BCUT2D eigenvalue weighted by Gasteiger charge is -2.34. The van der Waals surface area contributed by atoms with Crippen LogP contribution in [-0.4, -0.2) is 33.5 Å². The number of aliphatic carboxylic acids is 1. The minimum atomic E-state index is -0.730. The minimum absolute atomic E-state index is 0.109. The van der Waals surface area contributed by atoms with E-state index in [4.69, 9.17) is 9.52 Å². The predicted molar refractivity (Wildman–Crippen MR) is 80.1 cm³/mol. The zero-order valence-corrected chi connectivity index (χ0v) is 12.5. The van der Waals surface area contributed by atoms with Gasteiger partial charge in [-0.3, -0.25) is 9.69 Å². The van der Waals surface area contributed by atoms with Gasteiger partial charge in [-0.15, -0.1) is 11.3 Å². The monoisotopic (exact) mass is 306 g/mol. The molecule has 0 aromatic carbocycles. The fraction of sp³-hybridized carbons (Fsp3) is 0.467. The number of hydrogen-bond donors (Lipinski definition) is 1. The van der Waals surface area contributed by atoms with E-state index in [0.717, 1.165) is 36.4 Å². The Morgan fingerprint density at radius 3 is 3.19 bits per heavy atom. The first kappa shape index (κ1) is 14.3. The summed E-state index contributed by atoms with van der Waals surface area (Å²) in [6.45, 7) is 1.59. The Morgan fingerprint density at radius 1 is 1.52 bits per heavy atom. The highest BCUT2D eigenvalue weighted by Crippen LogP contribution is 2.26. The second kappa shape index (κ2) is 6.41. The molecule has 0 aliphatic carbocycles. The molecule has 112 valence electrons. The third kappa shape index (κ3) is 3.51. The lowest BCUT2D eigenvalue weighted by molar-refractivity contribution is -0.138. The largest absolute Gasteiger partial charge is 0.481 e. The molecule has 0 radical (unpaired) electrons. The number of carbonyl (C=O) groups is 1. The van der Waals surface area contributed by atoms with Gasteiger partial charge in [-0.1, -0.05) is 12.5 Å². The van der Waals surface area contributed by atoms with Crippen LogP contribution in [-0.2, 0) is 11.3 Å². The normalized spacial score (nSPS) is 19.7. The zero-order valence-electron chi connectivity index (χ0n) is 11.7. The number of piperidine rings is 1. The van der Waals surface area contributed by atoms with Crippen molar-refractivity contribution in [1.29, 1.82) is 0 Å². The van der Waals surface area contributed by atoms with Crippen LogP contribution in [0.3, 0.4) is 0 Å². The maximum atomic E-state index is 11.0. The summed E-state index contributed by atoms with van der Waals surface area (Å²) in [4.78, 5) is 18.7. The predicted octanol–water partition coefficient (Wildman–Crippen LogP) is 3.23. The zero-order chi connectivity index (χ0) is 14.7. The Labute approximate surface area is 127 Å². The topological polar surface area (TPSA) is 66.6 Å². The van der Waals surface area contributed by atoms with Crippen molar-refractivity contribution in [1.82, 2.24) is 9.88 Å². The van der Waals surface area contributed by atoms with E-state index in [-0.39, 0.29) is 12.5 Å². The molecule has 3 rings (SSSR count). The molecule has 5 nitrogen and oxygen atoms in total. The number of thiophene rings is 1. The molecular formula is C15H18N2O3S. The smallest absolute Gasteiger partial charge is 0.304 e. The van der Waals surface area contributed by atoms with Gasteiger partial charge in [-0.05, 0) is 30.8 Å². The van der Waals surface area contributed by atoms with Crippen LogP contribution in [0.4, 0.5) is 0 Å². The molecular weight excluding hydrogens is 288 g/mol. The third-order valence-corrected chi connectivity index (χ3v) is 4.67. The Morgan fingerprint density at radius 2 is 2.43 bits per heavy atom. The van der Waals surface area contributed by atoms with Crippen LogP contribution in [0.2, 0.25) is 0 Å². The summed E-state index contributed by atoms with van der Waals surface area (Å²) in [7, 11) is 0. The molecule has 0 spiro atoms. The van der Waals surface area contributed by atoms with Gasteiger partial charge in [0, 0.05) is 12.6 Å². The van der Waals surface area contributed by atoms with Crippen molar-refractivity contribution in [3.05, 3.63) is 29.5 Å². The van der Waals surface area contributed by atoms with E-state index in [2.05, 4.69) is 9.88 Å². The molecule has 0 bridgehead atoms. The molecule has 0 amide bonds. The van der Waals surface area contributed by atoms with Gasteiger partial charge in [0.25, 0.3) is 0 Å². The van der Waals surface area contributed by atoms with Crippen LogP contribution >= 0.6 is 11.3 Å². The Hall–Kier alpha value is -1.66. The number of carboxylic acid groups (broad SMARTS) is 1. The summed E-state index contributed by atoms with van der Waals surface area (Å²) >= 11 is 1.60. The summed E-state index contributed by atoms with van der Waals surface area (Å²) in [5.74, 6) is -0.0851. The first-order valence-electron chi connectivity index (χ1n) is 7.16. The van der Waals surface area contributed by atoms with Crippen LogP contribution in [0.15, 0.2) is 28.2 Å². The summed E-state index contributed by atoms with van der Waals surface area (Å²) in [6.07, 6.45) is 5.05. The van der Waals surface area contributed by atoms with Crippen molar-refractivity contribution in [2.24, 2.45) is 0 Å². The van der Waals surface area contributed by atoms with Crippen LogP contribution in [0.25, 0.3) is 10.8 Å². The van der Waals surface area contributed by atoms with E-state index in [1.54, 1.807) is 17.6 Å². The maximum absolute atomic E-state index is 11.0. The van der Waals surface area contributed by atoms with Gasteiger partial charge in [0.05, 0.1) is 17.0 Å². The van der Waals surface area contributed by atoms with E-state index in [1.807, 2.05) is 17.5 Å². The Kier molecular flexibility index (Phi) is 4.36. The SMILES string of the molecule is O=C(O)CC1CCCCN1Cc1coc(-c2cccs2)n1. The Bertz CT molecular complexity index is 594. The first-order valence-corrected chi connectivity index (χ1v) is 8.04. The molecule has 2 aromatic heterocycles. The molecule has 21 heavy (non-hydrogen) atoms. The molecule has 1 saturated heterocycles. The van der Waals surface area contributed by atoms with Crippen molar-refractivity contribution >= 4 is 17.3 Å². The summed E-state index contributed by atoms with van der Waals surface area (Å²) in [5, 5.41) is 11.0. The second-order valence-electron chi connectivity index (χ2n) is 5.34. The highest BCUT2D eigenvalue weighted by molar-refractivity contribution is 7.13. The molecule has 1 atom stereocenters. The van der Waals surface area contributed by atoms with Crippen molar-refractivity contribution in [3.63, 3.8) is 0 Å². The number of likely N-dealkylation sites (tertiary alicyclic amines) is 1. The molecule has 2 aromatic rings. The van der Waals surface area contributed by atoms with Crippen LogP contribution < -0.4 is 0 Å². The fourth-order valence-corrected chi connectivity index (χ4v) is 3.46. The van der Waals surface area contributed by atoms with Gasteiger partial charge in [-0.25, -0.2) is 4.98 Å². The molecule has 1 aliphatic rings. The molecule has 0 saturated carbocycles. The second-order valence-corrected chi connectivity index (χ2v) is 6.29. The molecule has 3 heterocycles. The Balaban J connectivity index is 1.68. The molecule has 1 unspecified atom stereocenters. The van der Waals surface area contributed by atoms with E-state index < -0.39 is 5.97 Å². The number of oxazole rings is 1. The van der Waals surface area contributed by atoms with Gasteiger partial charge in [-0.2, -0.15) is 0 Å². The average Bonchev–Trinajstić information content (AvgIpc) is 3.11. The van der Waals surface area contributed by atoms with Crippen molar-refractivity contribution in [2.45, 2.75) is 38.3 Å². The highest BCUT2D eigenvalue weighted by Gasteiger charge is 2.25. The number of hydrogen-bond acceptors (Lipinski definition) is 5. The van der Waals surface area contributed by atoms with Gasteiger partial charge in [0.2, 0.25) is 5.89 Å². The van der Waals surface area contributed by atoms with Crippen molar-refractivity contribution < 1.29 is 14.3 Å².